The monoisotopic (exact) mass is 347 g/mol. The SMILES string of the molecule is CCOC(=O)c1ccc(NC(=O)CCc2cccc3ccccc23)cc1. The average molecular weight is 347 g/mol. The Kier molecular flexibility index (Phi) is 5.64. The fourth-order valence-electron chi connectivity index (χ4n) is 2.89. The molecule has 4 heteroatoms. The standard InChI is InChI=1S/C22H21NO3/c1-2-26-22(25)18-10-13-19(14-11-18)23-21(24)15-12-17-8-5-7-16-6-3-4-9-20(16)17/h3-11,13-14H,2,12,15H2,1H3,(H,23,24). The van der Waals surface area contributed by atoms with E-state index >= 15 is 0 Å². The number of fused-ring (bicyclic) bond motifs is 1. The van der Waals surface area contributed by atoms with Crippen molar-refractivity contribution in [2.75, 3.05) is 11.9 Å². The molecule has 0 fully saturated rings. The molecular formula is C22H21NO3. The number of esters is 1. The number of anilines is 1. The molecule has 0 aliphatic rings. The molecule has 0 radical (unpaired) electrons. The summed E-state index contributed by atoms with van der Waals surface area (Å²) in [4.78, 5) is 23.9. The lowest BCUT2D eigenvalue weighted by molar-refractivity contribution is -0.116. The number of benzene rings is 3. The second-order valence-corrected chi connectivity index (χ2v) is 5.98. The second kappa shape index (κ2) is 8.30. The van der Waals surface area contributed by atoms with Gasteiger partial charge in [0.15, 0.2) is 0 Å². The maximum Gasteiger partial charge on any atom is 0.338 e. The molecule has 1 N–H and O–H groups in total. The molecule has 3 aromatic rings. The highest BCUT2D eigenvalue weighted by Crippen LogP contribution is 2.20. The van der Waals surface area contributed by atoms with Crippen LogP contribution in [0.25, 0.3) is 10.8 Å². The van der Waals surface area contributed by atoms with Crippen molar-refractivity contribution >= 4 is 28.3 Å². The highest BCUT2D eigenvalue weighted by molar-refractivity contribution is 5.93. The first-order chi connectivity index (χ1) is 12.7. The van der Waals surface area contributed by atoms with Gasteiger partial charge in [-0.1, -0.05) is 42.5 Å². The Morgan fingerprint density at radius 3 is 2.42 bits per heavy atom. The zero-order chi connectivity index (χ0) is 18.4. The molecule has 26 heavy (non-hydrogen) atoms. The van der Waals surface area contributed by atoms with Gasteiger partial charge in [0, 0.05) is 12.1 Å². The van der Waals surface area contributed by atoms with Crippen molar-refractivity contribution in [3.05, 3.63) is 77.9 Å². The number of rotatable bonds is 6. The number of carbonyl (C=O) groups is 2. The molecule has 0 aliphatic heterocycles. The number of hydrogen-bond acceptors (Lipinski definition) is 3. The molecule has 0 saturated heterocycles. The van der Waals surface area contributed by atoms with E-state index in [4.69, 9.17) is 4.74 Å². The first kappa shape index (κ1) is 17.7. The summed E-state index contributed by atoms with van der Waals surface area (Å²) in [5.41, 5.74) is 2.30. The molecule has 3 aromatic carbocycles. The van der Waals surface area contributed by atoms with Crippen molar-refractivity contribution in [1.82, 2.24) is 0 Å². The van der Waals surface area contributed by atoms with Gasteiger partial charge in [-0.05, 0) is 53.9 Å². The van der Waals surface area contributed by atoms with Crippen LogP contribution in [0.1, 0.15) is 29.3 Å². The van der Waals surface area contributed by atoms with Crippen LogP contribution in [0.15, 0.2) is 66.7 Å². The number of ether oxygens (including phenoxy) is 1. The molecule has 0 atom stereocenters. The van der Waals surface area contributed by atoms with Crippen molar-refractivity contribution in [2.45, 2.75) is 19.8 Å². The van der Waals surface area contributed by atoms with Gasteiger partial charge < -0.3 is 10.1 Å². The normalized spacial score (nSPS) is 10.5. The highest BCUT2D eigenvalue weighted by atomic mass is 16.5. The second-order valence-electron chi connectivity index (χ2n) is 5.98. The van der Waals surface area contributed by atoms with Gasteiger partial charge >= 0.3 is 5.97 Å². The molecule has 0 saturated carbocycles. The van der Waals surface area contributed by atoms with E-state index in [1.54, 1.807) is 31.2 Å². The van der Waals surface area contributed by atoms with Gasteiger partial charge in [0.2, 0.25) is 5.91 Å². The first-order valence-corrected chi connectivity index (χ1v) is 8.71. The molecular weight excluding hydrogens is 326 g/mol. The maximum absolute atomic E-state index is 12.2. The van der Waals surface area contributed by atoms with Crippen LogP contribution in [0.5, 0.6) is 0 Å². The summed E-state index contributed by atoms with van der Waals surface area (Å²) in [5, 5.41) is 5.23. The van der Waals surface area contributed by atoms with Crippen molar-refractivity contribution in [1.29, 1.82) is 0 Å². The van der Waals surface area contributed by atoms with E-state index in [1.165, 1.54) is 10.8 Å². The molecule has 0 unspecified atom stereocenters. The van der Waals surface area contributed by atoms with E-state index < -0.39 is 0 Å². The molecule has 3 rings (SSSR count). The molecule has 0 aromatic heterocycles. The number of amides is 1. The minimum atomic E-state index is -0.360. The Bertz CT molecular complexity index is 911. The van der Waals surface area contributed by atoms with Crippen LogP contribution in [-0.2, 0) is 16.0 Å². The maximum atomic E-state index is 12.2. The van der Waals surface area contributed by atoms with Gasteiger partial charge in [-0.2, -0.15) is 0 Å². The van der Waals surface area contributed by atoms with Gasteiger partial charge in [0.1, 0.15) is 0 Å². The van der Waals surface area contributed by atoms with Crippen molar-refractivity contribution in [3.63, 3.8) is 0 Å². The minimum Gasteiger partial charge on any atom is -0.462 e. The highest BCUT2D eigenvalue weighted by Gasteiger charge is 2.08. The Labute approximate surface area is 152 Å². The Balaban J connectivity index is 1.59. The van der Waals surface area contributed by atoms with E-state index in [1.807, 2.05) is 18.2 Å². The van der Waals surface area contributed by atoms with Gasteiger partial charge in [0.05, 0.1) is 12.2 Å². The van der Waals surface area contributed by atoms with Gasteiger partial charge in [-0.3, -0.25) is 4.79 Å². The quantitative estimate of drug-likeness (QED) is 0.664. The summed E-state index contributed by atoms with van der Waals surface area (Å²) in [6.45, 7) is 2.11. The third-order valence-electron chi connectivity index (χ3n) is 4.18. The molecule has 132 valence electrons. The third kappa shape index (κ3) is 4.28. The summed E-state index contributed by atoms with van der Waals surface area (Å²) < 4.78 is 4.95. The van der Waals surface area contributed by atoms with E-state index in [2.05, 4.69) is 29.6 Å². The average Bonchev–Trinajstić information content (AvgIpc) is 2.67. The topological polar surface area (TPSA) is 55.4 Å². The van der Waals surface area contributed by atoms with Crippen LogP contribution in [0.3, 0.4) is 0 Å². The van der Waals surface area contributed by atoms with Crippen molar-refractivity contribution < 1.29 is 14.3 Å². The Morgan fingerprint density at radius 2 is 1.65 bits per heavy atom. The van der Waals surface area contributed by atoms with Crippen LogP contribution in [0, 0.1) is 0 Å². The fourth-order valence-corrected chi connectivity index (χ4v) is 2.89. The van der Waals surface area contributed by atoms with Crippen molar-refractivity contribution in [3.8, 4) is 0 Å². The van der Waals surface area contributed by atoms with Crippen LogP contribution in [0.2, 0.25) is 0 Å². The van der Waals surface area contributed by atoms with E-state index in [9.17, 15) is 9.59 Å². The van der Waals surface area contributed by atoms with E-state index in [0.29, 0.717) is 30.7 Å². The zero-order valence-electron chi connectivity index (χ0n) is 14.7. The number of aryl methyl sites for hydroxylation is 1. The van der Waals surface area contributed by atoms with Crippen LogP contribution in [-0.4, -0.2) is 18.5 Å². The van der Waals surface area contributed by atoms with E-state index in [0.717, 1.165) is 5.56 Å². The first-order valence-electron chi connectivity index (χ1n) is 8.71. The van der Waals surface area contributed by atoms with Crippen LogP contribution >= 0.6 is 0 Å². The number of nitrogens with one attached hydrogen (secondary N) is 1. The lowest BCUT2D eigenvalue weighted by Crippen LogP contribution is -2.12. The summed E-state index contributed by atoms with van der Waals surface area (Å²) >= 11 is 0. The molecule has 0 heterocycles. The molecule has 0 bridgehead atoms. The number of carbonyl (C=O) groups excluding carboxylic acids is 2. The Morgan fingerprint density at radius 1 is 0.923 bits per heavy atom. The largest absolute Gasteiger partial charge is 0.462 e. The van der Waals surface area contributed by atoms with Crippen molar-refractivity contribution in [2.24, 2.45) is 0 Å². The number of hydrogen-bond donors (Lipinski definition) is 1. The lowest BCUT2D eigenvalue weighted by Gasteiger charge is -2.08. The molecule has 1 amide bonds. The fraction of sp³-hybridized carbons (Fsp3) is 0.182. The summed E-state index contributed by atoms with van der Waals surface area (Å²) in [7, 11) is 0. The van der Waals surface area contributed by atoms with Gasteiger partial charge in [0.25, 0.3) is 0 Å². The predicted molar refractivity (Wildman–Crippen MR) is 103 cm³/mol. The van der Waals surface area contributed by atoms with Crippen LogP contribution in [0.4, 0.5) is 5.69 Å². The summed E-state index contributed by atoms with van der Waals surface area (Å²) in [5.74, 6) is -0.414. The Hall–Kier alpha value is -3.14. The van der Waals surface area contributed by atoms with E-state index in [-0.39, 0.29) is 11.9 Å². The molecule has 0 spiro atoms. The predicted octanol–water partition coefficient (Wildman–Crippen LogP) is 4.59. The summed E-state index contributed by atoms with van der Waals surface area (Å²) in [6.07, 6.45) is 1.07. The third-order valence-corrected chi connectivity index (χ3v) is 4.18. The van der Waals surface area contributed by atoms with Crippen LogP contribution < -0.4 is 5.32 Å². The zero-order valence-corrected chi connectivity index (χ0v) is 14.7. The van der Waals surface area contributed by atoms with Gasteiger partial charge in [-0.25, -0.2) is 4.79 Å². The minimum absolute atomic E-state index is 0.0539. The lowest BCUT2D eigenvalue weighted by atomic mass is 10.0. The summed E-state index contributed by atoms with van der Waals surface area (Å²) in [6, 6.07) is 21.1. The molecule has 4 nitrogen and oxygen atoms in total. The smallest absolute Gasteiger partial charge is 0.338 e. The molecule has 0 aliphatic carbocycles. The van der Waals surface area contributed by atoms with Gasteiger partial charge in [-0.15, -0.1) is 0 Å².